The summed E-state index contributed by atoms with van der Waals surface area (Å²) in [5.41, 5.74) is 0.738. The van der Waals surface area contributed by atoms with Crippen molar-refractivity contribution >= 4 is 5.91 Å². The average Bonchev–Trinajstić information content (AvgIpc) is 3.00. The molecule has 0 aliphatic carbocycles. The molecule has 1 amide bonds. The maximum absolute atomic E-state index is 12.9. The molecule has 0 unspecified atom stereocenters. The van der Waals surface area contributed by atoms with E-state index in [0.717, 1.165) is 5.56 Å². The highest BCUT2D eigenvalue weighted by molar-refractivity contribution is 5.76. The zero-order valence-corrected chi connectivity index (χ0v) is 12.5. The molecule has 1 aromatic carbocycles. The third-order valence-electron chi connectivity index (χ3n) is 3.34. The van der Waals surface area contributed by atoms with E-state index in [-0.39, 0.29) is 24.8 Å². The number of hydrogen-bond acceptors (Lipinski definition) is 4. The van der Waals surface area contributed by atoms with E-state index in [4.69, 9.17) is 9.52 Å². The average molecular weight is 306 g/mol. The predicted molar refractivity (Wildman–Crippen MR) is 79.6 cm³/mol. The number of oxazole rings is 1. The Morgan fingerprint density at radius 1 is 1.36 bits per heavy atom. The molecule has 1 N–H and O–H groups in total. The third kappa shape index (κ3) is 4.14. The first-order chi connectivity index (χ1) is 10.6. The Labute approximate surface area is 128 Å². The molecule has 22 heavy (non-hydrogen) atoms. The molecule has 0 saturated carbocycles. The number of hydrogen-bond donors (Lipinski definition) is 1. The summed E-state index contributed by atoms with van der Waals surface area (Å²) in [5.74, 6) is 0.661. The second-order valence-electron chi connectivity index (χ2n) is 4.82. The second-order valence-corrected chi connectivity index (χ2v) is 4.82. The van der Waals surface area contributed by atoms with Crippen molar-refractivity contribution in [3.05, 3.63) is 42.2 Å². The standard InChI is InChI=1S/C16H19FN2O3/c1-2-19(9-10-20)16(21)8-7-15-18-11-14(22-15)12-3-5-13(17)6-4-12/h3-6,11,20H,2,7-10H2,1H3. The topological polar surface area (TPSA) is 66.6 Å². The predicted octanol–water partition coefficient (Wildman–Crippen LogP) is 2.25. The number of aryl methyl sites for hydroxylation is 1. The van der Waals surface area contributed by atoms with Gasteiger partial charge in [0.05, 0.1) is 12.8 Å². The van der Waals surface area contributed by atoms with Crippen LogP contribution < -0.4 is 0 Å². The number of amides is 1. The first kappa shape index (κ1) is 16.2. The number of carbonyl (C=O) groups is 1. The fourth-order valence-electron chi connectivity index (χ4n) is 2.13. The molecular formula is C16H19FN2O3. The van der Waals surface area contributed by atoms with E-state index in [0.29, 0.717) is 31.2 Å². The number of likely N-dealkylation sites (N-methyl/N-ethyl adjacent to an activating group) is 1. The Morgan fingerprint density at radius 3 is 2.73 bits per heavy atom. The van der Waals surface area contributed by atoms with Crippen molar-refractivity contribution in [1.82, 2.24) is 9.88 Å². The Hall–Kier alpha value is -2.21. The lowest BCUT2D eigenvalue weighted by Crippen LogP contribution is -2.33. The molecule has 0 fully saturated rings. The first-order valence-electron chi connectivity index (χ1n) is 7.23. The molecule has 1 heterocycles. The Kier molecular flexibility index (Phi) is 5.66. The summed E-state index contributed by atoms with van der Waals surface area (Å²) in [6, 6.07) is 5.94. The Balaban J connectivity index is 1.95. The number of rotatable bonds is 7. The van der Waals surface area contributed by atoms with Gasteiger partial charge in [-0.15, -0.1) is 0 Å². The van der Waals surface area contributed by atoms with E-state index in [9.17, 15) is 9.18 Å². The quantitative estimate of drug-likeness (QED) is 0.852. The van der Waals surface area contributed by atoms with Crippen LogP contribution >= 0.6 is 0 Å². The minimum absolute atomic E-state index is 0.0434. The molecule has 0 aliphatic heterocycles. The van der Waals surface area contributed by atoms with Crippen molar-refractivity contribution in [2.24, 2.45) is 0 Å². The van der Waals surface area contributed by atoms with Gasteiger partial charge in [0.15, 0.2) is 11.7 Å². The van der Waals surface area contributed by atoms with Gasteiger partial charge in [-0.25, -0.2) is 9.37 Å². The van der Waals surface area contributed by atoms with Crippen LogP contribution in [0, 0.1) is 5.82 Å². The number of carbonyl (C=O) groups excluding carboxylic acids is 1. The second kappa shape index (κ2) is 7.70. The van der Waals surface area contributed by atoms with Gasteiger partial charge in [0.1, 0.15) is 5.82 Å². The number of nitrogens with zero attached hydrogens (tertiary/aromatic N) is 2. The molecule has 0 saturated heterocycles. The Bertz CT molecular complexity index is 610. The van der Waals surface area contributed by atoms with Gasteiger partial charge in [-0.2, -0.15) is 0 Å². The van der Waals surface area contributed by atoms with Crippen molar-refractivity contribution in [3.8, 4) is 11.3 Å². The highest BCUT2D eigenvalue weighted by atomic mass is 19.1. The lowest BCUT2D eigenvalue weighted by atomic mass is 10.2. The van der Waals surface area contributed by atoms with Crippen LogP contribution in [0.3, 0.4) is 0 Å². The van der Waals surface area contributed by atoms with Crippen molar-refractivity contribution in [2.45, 2.75) is 19.8 Å². The van der Waals surface area contributed by atoms with Crippen LogP contribution in [0.25, 0.3) is 11.3 Å². The number of aliphatic hydroxyl groups excluding tert-OH is 1. The minimum atomic E-state index is -0.308. The van der Waals surface area contributed by atoms with Gasteiger partial charge < -0.3 is 14.4 Å². The molecule has 0 spiro atoms. The monoisotopic (exact) mass is 306 g/mol. The van der Waals surface area contributed by atoms with E-state index in [2.05, 4.69) is 4.98 Å². The van der Waals surface area contributed by atoms with Gasteiger partial charge >= 0.3 is 0 Å². The van der Waals surface area contributed by atoms with Gasteiger partial charge in [-0.3, -0.25) is 4.79 Å². The van der Waals surface area contributed by atoms with Crippen molar-refractivity contribution in [2.75, 3.05) is 19.7 Å². The maximum atomic E-state index is 12.9. The molecule has 0 aliphatic rings. The Morgan fingerprint density at radius 2 is 2.09 bits per heavy atom. The van der Waals surface area contributed by atoms with Crippen LogP contribution in [0.4, 0.5) is 4.39 Å². The lowest BCUT2D eigenvalue weighted by molar-refractivity contribution is -0.131. The van der Waals surface area contributed by atoms with Crippen LogP contribution in [0.1, 0.15) is 19.2 Å². The van der Waals surface area contributed by atoms with Gasteiger partial charge in [0.25, 0.3) is 0 Å². The van der Waals surface area contributed by atoms with E-state index in [1.807, 2.05) is 6.92 Å². The third-order valence-corrected chi connectivity index (χ3v) is 3.34. The van der Waals surface area contributed by atoms with Crippen LogP contribution in [0.2, 0.25) is 0 Å². The van der Waals surface area contributed by atoms with Crippen LogP contribution in [0.15, 0.2) is 34.9 Å². The van der Waals surface area contributed by atoms with Crippen LogP contribution in [0.5, 0.6) is 0 Å². The lowest BCUT2D eigenvalue weighted by Gasteiger charge is -2.19. The smallest absolute Gasteiger partial charge is 0.223 e. The fraction of sp³-hybridized carbons (Fsp3) is 0.375. The van der Waals surface area contributed by atoms with E-state index in [1.54, 1.807) is 23.2 Å². The fourth-order valence-corrected chi connectivity index (χ4v) is 2.13. The molecule has 0 bridgehead atoms. The molecule has 0 atom stereocenters. The number of aromatic nitrogens is 1. The normalized spacial score (nSPS) is 10.7. The zero-order chi connectivity index (χ0) is 15.9. The largest absolute Gasteiger partial charge is 0.441 e. The van der Waals surface area contributed by atoms with Gasteiger partial charge in [-0.05, 0) is 31.2 Å². The summed E-state index contributed by atoms with van der Waals surface area (Å²) in [5, 5.41) is 8.90. The van der Waals surface area contributed by atoms with Crippen LogP contribution in [-0.2, 0) is 11.2 Å². The van der Waals surface area contributed by atoms with E-state index >= 15 is 0 Å². The highest BCUT2D eigenvalue weighted by Crippen LogP contribution is 2.21. The number of benzene rings is 1. The zero-order valence-electron chi connectivity index (χ0n) is 12.5. The summed E-state index contributed by atoms with van der Waals surface area (Å²) in [6.07, 6.45) is 2.23. The highest BCUT2D eigenvalue weighted by Gasteiger charge is 2.13. The molecular weight excluding hydrogens is 287 g/mol. The molecule has 6 heteroatoms. The molecule has 118 valence electrons. The summed E-state index contributed by atoms with van der Waals surface area (Å²) in [6.45, 7) is 2.71. The SMILES string of the molecule is CCN(CCO)C(=O)CCc1ncc(-c2ccc(F)cc2)o1. The number of halogens is 1. The van der Waals surface area contributed by atoms with Gasteiger partial charge in [0.2, 0.25) is 5.91 Å². The van der Waals surface area contributed by atoms with E-state index in [1.165, 1.54) is 12.1 Å². The molecule has 2 aromatic rings. The van der Waals surface area contributed by atoms with Gasteiger partial charge in [-0.1, -0.05) is 0 Å². The van der Waals surface area contributed by atoms with E-state index < -0.39 is 0 Å². The molecule has 1 aromatic heterocycles. The van der Waals surface area contributed by atoms with Crippen molar-refractivity contribution < 1.29 is 18.7 Å². The van der Waals surface area contributed by atoms with Crippen molar-refractivity contribution in [3.63, 3.8) is 0 Å². The summed E-state index contributed by atoms with van der Waals surface area (Å²) < 4.78 is 18.5. The number of aliphatic hydroxyl groups is 1. The summed E-state index contributed by atoms with van der Waals surface area (Å²) in [7, 11) is 0. The summed E-state index contributed by atoms with van der Waals surface area (Å²) in [4.78, 5) is 17.7. The molecule has 0 radical (unpaired) electrons. The molecule has 5 nitrogen and oxygen atoms in total. The molecule has 2 rings (SSSR count). The minimum Gasteiger partial charge on any atom is -0.441 e. The first-order valence-corrected chi connectivity index (χ1v) is 7.23. The van der Waals surface area contributed by atoms with Crippen molar-refractivity contribution in [1.29, 1.82) is 0 Å². The summed E-state index contributed by atoms with van der Waals surface area (Å²) >= 11 is 0. The maximum Gasteiger partial charge on any atom is 0.223 e. The van der Waals surface area contributed by atoms with Gasteiger partial charge in [0, 0.05) is 31.5 Å². The van der Waals surface area contributed by atoms with Crippen LogP contribution in [-0.4, -0.2) is 40.6 Å².